The van der Waals surface area contributed by atoms with Gasteiger partial charge in [-0.05, 0) is 61.4 Å². The van der Waals surface area contributed by atoms with Gasteiger partial charge in [-0.3, -0.25) is 9.59 Å². The van der Waals surface area contributed by atoms with Crippen LogP contribution in [0.25, 0.3) is 0 Å². The first-order valence-corrected chi connectivity index (χ1v) is 10.7. The smallest absolute Gasteiger partial charge is 0.308 e. The summed E-state index contributed by atoms with van der Waals surface area (Å²) < 4.78 is 10.5. The number of rotatable bonds is 8. The lowest BCUT2D eigenvalue weighted by molar-refractivity contribution is -0.146. The van der Waals surface area contributed by atoms with Gasteiger partial charge in [-0.25, -0.2) is 0 Å². The molecule has 0 bridgehead atoms. The number of ether oxygens (including phenoxy) is 2. The fourth-order valence-electron chi connectivity index (χ4n) is 4.14. The number of benzene rings is 2. The zero-order valence-electron chi connectivity index (χ0n) is 18.9. The van der Waals surface area contributed by atoms with Crippen LogP contribution in [0.3, 0.4) is 0 Å². The van der Waals surface area contributed by atoms with E-state index in [0.29, 0.717) is 12.1 Å². The van der Waals surface area contributed by atoms with Gasteiger partial charge in [-0.2, -0.15) is 10.2 Å². The molecule has 1 aliphatic rings. The van der Waals surface area contributed by atoms with E-state index in [1.54, 1.807) is 43.5 Å². The molecule has 33 heavy (non-hydrogen) atoms. The van der Waals surface area contributed by atoms with E-state index in [4.69, 9.17) is 9.47 Å². The van der Waals surface area contributed by atoms with Gasteiger partial charge < -0.3 is 19.7 Å². The second-order valence-corrected chi connectivity index (χ2v) is 8.01. The van der Waals surface area contributed by atoms with Crippen LogP contribution in [0, 0.1) is 0 Å². The molecule has 1 N–H and O–H groups in total. The Morgan fingerprint density at radius 1 is 1.09 bits per heavy atom. The van der Waals surface area contributed by atoms with Crippen LogP contribution in [0.5, 0.6) is 5.75 Å². The normalized spacial score (nSPS) is 16.9. The van der Waals surface area contributed by atoms with Crippen LogP contribution in [0.1, 0.15) is 41.8 Å². The fraction of sp³-hybridized carbons (Fsp3) is 0.280. The van der Waals surface area contributed by atoms with Crippen LogP contribution in [0.4, 0.5) is 11.4 Å². The molecular formula is C25H26N4O4. The van der Waals surface area contributed by atoms with Crippen molar-refractivity contribution in [3.63, 3.8) is 0 Å². The third kappa shape index (κ3) is 4.50. The molecule has 8 nitrogen and oxygen atoms in total. The molecule has 1 aliphatic heterocycles. The van der Waals surface area contributed by atoms with Crippen molar-refractivity contribution < 1.29 is 19.1 Å². The van der Waals surface area contributed by atoms with Gasteiger partial charge in [0.1, 0.15) is 5.75 Å². The topological polar surface area (TPSA) is 93.7 Å². The van der Waals surface area contributed by atoms with Crippen LogP contribution in [-0.4, -0.2) is 40.7 Å². The van der Waals surface area contributed by atoms with Crippen LogP contribution in [0.2, 0.25) is 0 Å². The minimum absolute atomic E-state index is 0.0516. The Morgan fingerprint density at radius 2 is 1.88 bits per heavy atom. The second kappa shape index (κ2) is 9.28. The number of aromatic nitrogens is 2. The molecule has 3 aromatic rings. The van der Waals surface area contributed by atoms with Gasteiger partial charge in [0.2, 0.25) is 0 Å². The number of hydrogen-bond donors (Lipinski definition) is 1. The van der Waals surface area contributed by atoms with Gasteiger partial charge in [0.25, 0.3) is 5.91 Å². The Labute approximate surface area is 192 Å². The van der Waals surface area contributed by atoms with Crippen molar-refractivity contribution in [3.8, 4) is 5.75 Å². The molecule has 0 saturated heterocycles. The molecule has 2 heterocycles. The highest BCUT2D eigenvalue weighted by atomic mass is 16.5. The largest absolute Gasteiger partial charge is 0.497 e. The summed E-state index contributed by atoms with van der Waals surface area (Å²) in [5.41, 5.74) is 2.99. The molecule has 1 aromatic heterocycles. The molecule has 170 valence electrons. The lowest BCUT2D eigenvalue weighted by Gasteiger charge is -2.35. The van der Waals surface area contributed by atoms with Crippen molar-refractivity contribution in [2.45, 2.75) is 32.4 Å². The zero-order chi connectivity index (χ0) is 23.4. The average molecular weight is 447 g/mol. The lowest BCUT2D eigenvalue weighted by Crippen LogP contribution is -2.42. The summed E-state index contributed by atoms with van der Waals surface area (Å²) in [5.74, 6) is 0.271. The lowest BCUT2D eigenvalue weighted by atomic mass is 9.87. The van der Waals surface area contributed by atoms with E-state index in [1.807, 2.05) is 43.3 Å². The van der Waals surface area contributed by atoms with Crippen molar-refractivity contribution in [2.24, 2.45) is 0 Å². The van der Waals surface area contributed by atoms with E-state index < -0.39 is 5.54 Å². The number of methoxy groups -OCH3 is 1. The summed E-state index contributed by atoms with van der Waals surface area (Å²) in [6.45, 7) is 4.32. The molecule has 0 aliphatic carbocycles. The fourth-order valence-corrected chi connectivity index (χ4v) is 4.14. The summed E-state index contributed by atoms with van der Waals surface area (Å²) >= 11 is 0. The molecule has 1 amide bonds. The molecule has 0 radical (unpaired) electrons. The molecular weight excluding hydrogens is 420 g/mol. The third-order valence-electron chi connectivity index (χ3n) is 5.84. The Morgan fingerprint density at radius 3 is 2.55 bits per heavy atom. The Hall–Kier alpha value is -3.94. The molecule has 0 spiro atoms. The molecule has 8 heteroatoms. The number of carbonyl (C=O) groups is 2. The van der Waals surface area contributed by atoms with Crippen LogP contribution >= 0.6 is 0 Å². The van der Waals surface area contributed by atoms with E-state index in [2.05, 4.69) is 15.5 Å². The molecule has 2 aromatic carbocycles. The van der Waals surface area contributed by atoms with E-state index in [-0.39, 0.29) is 24.9 Å². The van der Waals surface area contributed by atoms with Crippen molar-refractivity contribution in [2.75, 3.05) is 19.0 Å². The van der Waals surface area contributed by atoms with Gasteiger partial charge in [-0.15, -0.1) is 0 Å². The quantitative estimate of drug-likeness (QED) is 0.522. The summed E-state index contributed by atoms with van der Waals surface area (Å²) in [6, 6.07) is 14.9. The molecule has 0 fully saturated rings. The number of fused-ring (bicyclic) bond motifs is 1. The van der Waals surface area contributed by atoms with E-state index in [9.17, 15) is 9.59 Å². The number of carbonyl (C=O) groups excluding carboxylic acids is 2. The minimum Gasteiger partial charge on any atom is -0.497 e. The highest BCUT2D eigenvalue weighted by molar-refractivity contribution is 6.01. The summed E-state index contributed by atoms with van der Waals surface area (Å²) in [4.78, 5) is 27.8. The standard InChI is InChI=1S/C25H26N4O4/c1-4-33-23(30)14-25(2)22-13-18(28-19-11-12-26-27-15-19)7-10-21(22)24(31)29(25)16-17-5-8-20(32-3)9-6-17/h5-13,15H,4,14,16H2,1-3H3,(H,26,28). The van der Waals surface area contributed by atoms with Gasteiger partial charge in [0, 0.05) is 17.8 Å². The van der Waals surface area contributed by atoms with Gasteiger partial charge in [0.15, 0.2) is 0 Å². The number of hydrogen-bond acceptors (Lipinski definition) is 7. The molecule has 0 saturated carbocycles. The van der Waals surface area contributed by atoms with Gasteiger partial charge in [0.05, 0.1) is 43.8 Å². The van der Waals surface area contributed by atoms with Gasteiger partial charge >= 0.3 is 5.97 Å². The van der Waals surface area contributed by atoms with Crippen molar-refractivity contribution >= 4 is 23.3 Å². The summed E-state index contributed by atoms with van der Waals surface area (Å²) in [5, 5.41) is 10.9. The predicted octanol–water partition coefficient (Wildman–Crippen LogP) is 4.05. The maximum absolute atomic E-state index is 13.5. The molecule has 1 atom stereocenters. The first kappa shape index (κ1) is 22.3. The van der Waals surface area contributed by atoms with E-state index in [1.165, 1.54) is 0 Å². The number of anilines is 2. The van der Waals surface area contributed by atoms with E-state index in [0.717, 1.165) is 28.3 Å². The number of amides is 1. The first-order chi connectivity index (χ1) is 15.9. The van der Waals surface area contributed by atoms with Gasteiger partial charge in [-0.1, -0.05) is 12.1 Å². The SMILES string of the molecule is CCOC(=O)CC1(C)c2cc(Nc3ccnnc3)ccc2C(=O)N1Cc1ccc(OC)cc1. The van der Waals surface area contributed by atoms with E-state index >= 15 is 0 Å². The van der Waals surface area contributed by atoms with Crippen LogP contribution in [-0.2, 0) is 21.6 Å². The average Bonchev–Trinajstić information content (AvgIpc) is 3.01. The molecule has 4 rings (SSSR count). The zero-order valence-corrected chi connectivity index (χ0v) is 18.9. The monoisotopic (exact) mass is 446 g/mol. The Balaban J connectivity index is 1.70. The van der Waals surface area contributed by atoms with Crippen LogP contribution < -0.4 is 10.1 Å². The second-order valence-electron chi connectivity index (χ2n) is 8.01. The predicted molar refractivity (Wildman–Crippen MR) is 123 cm³/mol. The maximum atomic E-state index is 13.5. The Bertz CT molecular complexity index is 1150. The highest BCUT2D eigenvalue weighted by Crippen LogP contribution is 2.44. The maximum Gasteiger partial charge on any atom is 0.308 e. The van der Waals surface area contributed by atoms with Crippen molar-refractivity contribution in [1.82, 2.24) is 15.1 Å². The summed E-state index contributed by atoms with van der Waals surface area (Å²) in [7, 11) is 1.61. The third-order valence-corrected chi connectivity index (χ3v) is 5.84. The number of nitrogens with one attached hydrogen (secondary N) is 1. The number of esters is 1. The first-order valence-electron chi connectivity index (χ1n) is 10.7. The molecule has 1 unspecified atom stereocenters. The minimum atomic E-state index is -0.868. The Kier molecular flexibility index (Phi) is 6.26. The number of nitrogens with zero attached hydrogens (tertiary/aromatic N) is 3. The summed E-state index contributed by atoms with van der Waals surface area (Å²) in [6.07, 6.45) is 3.27. The van der Waals surface area contributed by atoms with Crippen LogP contribution in [0.15, 0.2) is 60.9 Å². The highest BCUT2D eigenvalue weighted by Gasteiger charge is 2.47. The van der Waals surface area contributed by atoms with Crippen molar-refractivity contribution in [1.29, 1.82) is 0 Å². The van der Waals surface area contributed by atoms with Crippen molar-refractivity contribution in [3.05, 3.63) is 77.6 Å².